The predicted molar refractivity (Wildman–Crippen MR) is 69.0 cm³/mol. The van der Waals surface area contributed by atoms with Gasteiger partial charge in [-0.15, -0.1) is 0 Å². The summed E-state index contributed by atoms with van der Waals surface area (Å²) in [5.74, 6) is 0.538. The summed E-state index contributed by atoms with van der Waals surface area (Å²) >= 11 is 2.41. The van der Waals surface area contributed by atoms with Crippen molar-refractivity contribution in [2.45, 2.75) is 25.2 Å². The highest BCUT2D eigenvalue weighted by molar-refractivity contribution is 14.1. The minimum Gasteiger partial charge on any atom is -0.396 e. The van der Waals surface area contributed by atoms with E-state index in [1.54, 1.807) is 0 Å². The van der Waals surface area contributed by atoms with Gasteiger partial charge < -0.3 is 5.11 Å². The summed E-state index contributed by atoms with van der Waals surface area (Å²) in [5, 5.41) is 9.00. The van der Waals surface area contributed by atoms with Crippen molar-refractivity contribution >= 4 is 22.6 Å². The van der Waals surface area contributed by atoms with E-state index in [0.717, 1.165) is 6.42 Å². The minimum absolute atomic E-state index is 0.292. The fourth-order valence-corrected chi connectivity index (χ4v) is 2.12. The molecule has 1 rings (SSSR count). The van der Waals surface area contributed by atoms with Crippen molar-refractivity contribution in [2.24, 2.45) is 0 Å². The molecule has 1 unspecified atom stereocenters. The number of halogens is 1. The van der Waals surface area contributed by atoms with Crippen LogP contribution in [0.1, 0.15) is 30.7 Å². The average Bonchev–Trinajstić information content (AvgIpc) is 2.25. The lowest BCUT2D eigenvalue weighted by molar-refractivity contribution is 0.272. The van der Waals surface area contributed by atoms with Gasteiger partial charge in [0.15, 0.2) is 0 Å². The first-order chi connectivity index (χ1) is 6.88. The van der Waals surface area contributed by atoms with E-state index in [0.29, 0.717) is 12.5 Å². The molecule has 2 heteroatoms. The molecule has 1 aromatic rings. The summed E-state index contributed by atoms with van der Waals surface area (Å²) in [6.45, 7) is 0.292. The highest BCUT2D eigenvalue weighted by Gasteiger charge is 2.09. The topological polar surface area (TPSA) is 20.2 Å². The van der Waals surface area contributed by atoms with Crippen LogP contribution in [0.2, 0.25) is 0 Å². The van der Waals surface area contributed by atoms with Gasteiger partial charge in [0.2, 0.25) is 0 Å². The highest BCUT2D eigenvalue weighted by atomic mass is 127. The number of alkyl halides is 1. The zero-order chi connectivity index (χ0) is 10.2. The number of rotatable bonds is 6. The second-order valence-corrected chi connectivity index (χ2v) is 4.53. The Bertz CT molecular complexity index is 235. The van der Waals surface area contributed by atoms with Gasteiger partial charge in [0.1, 0.15) is 0 Å². The molecule has 0 aliphatic heterocycles. The second-order valence-electron chi connectivity index (χ2n) is 3.45. The fourth-order valence-electron chi connectivity index (χ4n) is 1.68. The monoisotopic (exact) mass is 304 g/mol. The Hall–Kier alpha value is -0.0900. The van der Waals surface area contributed by atoms with Crippen LogP contribution < -0.4 is 0 Å². The lowest BCUT2D eigenvalue weighted by Gasteiger charge is -2.15. The van der Waals surface area contributed by atoms with Crippen LogP contribution >= 0.6 is 22.6 Å². The molecule has 1 atom stereocenters. The molecule has 78 valence electrons. The van der Waals surface area contributed by atoms with Crippen molar-refractivity contribution < 1.29 is 5.11 Å². The minimum atomic E-state index is 0.292. The number of benzene rings is 1. The van der Waals surface area contributed by atoms with Gasteiger partial charge >= 0.3 is 0 Å². The van der Waals surface area contributed by atoms with E-state index in [4.69, 9.17) is 5.11 Å². The van der Waals surface area contributed by atoms with Gasteiger partial charge in [0.05, 0.1) is 0 Å². The van der Waals surface area contributed by atoms with Gasteiger partial charge in [0, 0.05) is 6.61 Å². The van der Waals surface area contributed by atoms with Crippen molar-refractivity contribution in [3.63, 3.8) is 0 Å². The molecule has 0 aliphatic carbocycles. The van der Waals surface area contributed by atoms with E-state index in [1.807, 2.05) is 6.07 Å². The fraction of sp³-hybridized carbons (Fsp3) is 0.500. The zero-order valence-electron chi connectivity index (χ0n) is 8.32. The molecule has 0 bridgehead atoms. The first-order valence-electron chi connectivity index (χ1n) is 5.10. The first kappa shape index (κ1) is 12.0. The summed E-state index contributed by atoms with van der Waals surface area (Å²) in [6.07, 6.45) is 3.31. The Morgan fingerprint density at radius 2 is 1.86 bits per heavy atom. The maximum Gasteiger partial charge on any atom is 0.0436 e. The van der Waals surface area contributed by atoms with Crippen LogP contribution in [0.3, 0.4) is 0 Å². The van der Waals surface area contributed by atoms with Crippen molar-refractivity contribution in [3.05, 3.63) is 35.9 Å². The maximum absolute atomic E-state index is 9.00. The Kier molecular flexibility index (Phi) is 6.19. The lowest BCUT2D eigenvalue weighted by atomic mass is 9.92. The van der Waals surface area contributed by atoms with Crippen molar-refractivity contribution in [2.75, 3.05) is 11.0 Å². The van der Waals surface area contributed by atoms with Crippen LogP contribution in [0.15, 0.2) is 30.3 Å². The quantitative estimate of drug-likeness (QED) is 0.631. The standard InChI is InChI=1S/C12H17IO/c13-9-4-7-12(8-10-14)11-5-2-1-3-6-11/h1-3,5-6,12,14H,4,7-10H2. The normalized spacial score (nSPS) is 12.7. The molecule has 0 heterocycles. The van der Waals surface area contributed by atoms with Crippen LogP contribution in [0.5, 0.6) is 0 Å². The Labute approximate surface area is 99.7 Å². The smallest absolute Gasteiger partial charge is 0.0436 e. The van der Waals surface area contributed by atoms with E-state index >= 15 is 0 Å². The molecule has 14 heavy (non-hydrogen) atoms. The van der Waals surface area contributed by atoms with Crippen LogP contribution in [0, 0.1) is 0 Å². The molecule has 0 saturated heterocycles. The number of aliphatic hydroxyl groups excluding tert-OH is 1. The SMILES string of the molecule is OCCC(CCCI)c1ccccc1. The van der Waals surface area contributed by atoms with Crippen LogP contribution in [0.4, 0.5) is 0 Å². The molecular formula is C12H17IO. The summed E-state index contributed by atoms with van der Waals surface area (Å²) in [6, 6.07) is 10.5. The third kappa shape index (κ3) is 3.96. The van der Waals surface area contributed by atoms with Gasteiger partial charge in [-0.25, -0.2) is 0 Å². The first-order valence-corrected chi connectivity index (χ1v) is 6.62. The van der Waals surface area contributed by atoms with E-state index in [-0.39, 0.29) is 0 Å². The number of hydrogen-bond donors (Lipinski definition) is 1. The second kappa shape index (κ2) is 7.23. The Balaban J connectivity index is 2.58. The number of hydrogen-bond acceptors (Lipinski definition) is 1. The molecule has 0 aliphatic rings. The lowest BCUT2D eigenvalue weighted by Crippen LogP contribution is -2.01. The summed E-state index contributed by atoms with van der Waals surface area (Å²) in [5.41, 5.74) is 1.37. The maximum atomic E-state index is 9.00. The van der Waals surface area contributed by atoms with E-state index in [9.17, 15) is 0 Å². The van der Waals surface area contributed by atoms with Gasteiger partial charge in [-0.3, -0.25) is 0 Å². The predicted octanol–water partition coefficient (Wildman–Crippen LogP) is 3.37. The molecule has 0 amide bonds. The molecule has 1 nitrogen and oxygen atoms in total. The largest absolute Gasteiger partial charge is 0.396 e. The van der Waals surface area contributed by atoms with Crippen LogP contribution in [-0.2, 0) is 0 Å². The summed E-state index contributed by atoms with van der Waals surface area (Å²) in [7, 11) is 0. The van der Waals surface area contributed by atoms with Crippen molar-refractivity contribution in [3.8, 4) is 0 Å². The van der Waals surface area contributed by atoms with Gasteiger partial charge in [-0.2, -0.15) is 0 Å². The van der Waals surface area contributed by atoms with Crippen LogP contribution in [-0.4, -0.2) is 16.1 Å². The molecule has 0 spiro atoms. The number of aliphatic hydroxyl groups is 1. The Morgan fingerprint density at radius 1 is 1.14 bits per heavy atom. The van der Waals surface area contributed by atoms with Gasteiger partial charge in [-0.1, -0.05) is 52.9 Å². The molecule has 0 fully saturated rings. The van der Waals surface area contributed by atoms with Gasteiger partial charge in [0.25, 0.3) is 0 Å². The third-order valence-corrected chi connectivity index (χ3v) is 3.20. The average molecular weight is 304 g/mol. The van der Waals surface area contributed by atoms with E-state index in [1.165, 1.54) is 22.8 Å². The van der Waals surface area contributed by atoms with E-state index < -0.39 is 0 Å². The molecular weight excluding hydrogens is 287 g/mol. The third-order valence-electron chi connectivity index (χ3n) is 2.43. The molecule has 1 aromatic carbocycles. The highest BCUT2D eigenvalue weighted by Crippen LogP contribution is 2.24. The molecule has 0 saturated carbocycles. The van der Waals surface area contributed by atoms with Crippen molar-refractivity contribution in [1.82, 2.24) is 0 Å². The van der Waals surface area contributed by atoms with E-state index in [2.05, 4.69) is 46.9 Å². The molecule has 0 radical (unpaired) electrons. The summed E-state index contributed by atoms with van der Waals surface area (Å²) in [4.78, 5) is 0. The molecule has 0 aromatic heterocycles. The van der Waals surface area contributed by atoms with Crippen molar-refractivity contribution in [1.29, 1.82) is 0 Å². The summed E-state index contributed by atoms with van der Waals surface area (Å²) < 4.78 is 1.20. The Morgan fingerprint density at radius 3 is 2.43 bits per heavy atom. The van der Waals surface area contributed by atoms with Crippen LogP contribution in [0.25, 0.3) is 0 Å². The van der Waals surface area contributed by atoms with Gasteiger partial charge in [-0.05, 0) is 35.2 Å². The molecule has 1 N–H and O–H groups in total. The zero-order valence-corrected chi connectivity index (χ0v) is 10.5.